The Morgan fingerprint density at radius 2 is 2.08 bits per heavy atom. The van der Waals surface area contributed by atoms with E-state index in [0.717, 1.165) is 5.52 Å². The molecule has 0 saturated carbocycles. The van der Waals surface area contributed by atoms with E-state index in [-0.39, 0.29) is 0 Å². The van der Waals surface area contributed by atoms with Crippen molar-refractivity contribution in [3.05, 3.63) is 30.0 Å². The van der Waals surface area contributed by atoms with Gasteiger partial charge in [-0.3, -0.25) is 4.68 Å². The van der Waals surface area contributed by atoms with Crippen LogP contribution in [0.25, 0.3) is 10.9 Å². The van der Waals surface area contributed by atoms with Gasteiger partial charge in [0.05, 0.1) is 5.52 Å². The smallest absolute Gasteiger partial charge is 0.0926 e. The summed E-state index contributed by atoms with van der Waals surface area (Å²) in [7, 11) is 1.96. The zero-order valence-electron chi connectivity index (χ0n) is 8.28. The van der Waals surface area contributed by atoms with Gasteiger partial charge in [0.15, 0.2) is 0 Å². The summed E-state index contributed by atoms with van der Waals surface area (Å²) in [6.07, 6.45) is 2.09. The van der Waals surface area contributed by atoms with Crippen molar-refractivity contribution >= 4 is 10.9 Å². The molecule has 0 atom stereocenters. The molecule has 0 spiro atoms. The van der Waals surface area contributed by atoms with Crippen molar-refractivity contribution in [3.8, 4) is 0 Å². The number of hydrogen-bond donors (Lipinski definition) is 0. The molecule has 2 heteroatoms. The minimum Gasteiger partial charge on any atom is -0.275 e. The third-order valence-electron chi connectivity index (χ3n) is 2.32. The van der Waals surface area contributed by atoms with Gasteiger partial charge in [-0.25, -0.2) is 0 Å². The van der Waals surface area contributed by atoms with Crippen molar-refractivity contribution < 1.29 is 0 Å². The van der Waals surface area contributed by atoms with Crippen LogP contribution in [0, 0.1) is 0 Å². The second-order valence-corrected chi connectivity index (χ2v) is 3.74. The van der Waals surface area contributed by atoms with Crippen molar-refractivity contribution in [2.24, 2.45) is 7.05 Å². The molecule has 0 aliphatic heterocycles. The molecule has 0 bridgehead atoms. The van der Waals surface area contributed by atoms with E-state index in [1.54, 1.807) is 0 Å². The first-order valence-corrected chi connectivity index (χ1v) is 4.61. The van der Waals surface area contributed by atoms with E-state index >= 15 is 0 Å². The number of hydrogen-bond acceptors (Lipinski definition) is 1. The highest BCUT2D eigenvalue weighted by molar-refractivity contribution is 5.82. The second-order valence-electron chi connectivity index (χ2n) is 3.74. The van der Waals surface area contributed by atoms with Crippen LogP contribution in [0.15, 0.2) is 24.4 Å². The summed E-state index contributed by atoms with van der Waals surface area (Å²) in [5.41, 5.74) is 2.47. The maximum atomic E-state index is 4.37. The first kappa shape index (κ1) is 8.30. The Morgan fingerprint density at radius 1 is 1.31 bits per heavy atom. The fourth-order valence-electron chi connectivity index (χ4n) is 1.69. The maximum absolute atomic E-state index is 4.37. The molecule has 68 valence electrons. The lowest BCUT2D eigenvalue weighted by Crippen LogP contribution is -1.86. The standard InChI is InChI=1S/C11H14N2/c1-8(2)9-5-4-6-11-10(9)7-13(3)12-11/h4-8H,1-3H3. The van der Waals surface area contributed by atoms with Crippen LogP contribution in [-0.2, 0) is 7.05 Å². The Bertz CT molecular complexity index is 427. The van der Waals surface area contributed by atoms with Crippen LogP contribution in [0.2, 0.25) is 0 Å². The molecule has 0 aliphatic carbocycles. The van der Waals surface area contributed by atoms with Gasteiger partial charge in [-0.05, 0) is 17.5 Å². The largest absolute Gasteiger partial charge is 0.275 e. The molecule has 0 unspecified atom stereocenters. The van der Waals surface area contributed by atoms with Crippen LogP contribution in [0.3, 0.4) is 0 Å². The highest BCUT2D eigenvalue weighted by Gasteiger charge is 2.06. The summed E-state index contributed by atoms with van der Waals surface area (Å²) in [6.45, 7) is 4.42. The first-order chi connectivity index (χ1) is 6.18. The molecule has 0 N–H and O–H groups in total. The third-order valence-corrected chi connectivity index (χ3v) is 2.32. The third kappa shape index (κ3) is 1.32. The van der Waals surface area contributed by atoms with Gasteiger partial charge >= 0.3 is 0 Å². The maximum Gasteiger partial charge on any atom is 0.0926 e. The van der Waals surface area contributed by atoms with Crippen LogP contribution in [0.4, 0.5) is 0 Å². The van der Waals surface area contributed by atoms with Gasteiger partial charge < -0.3 is 0 Å². The number of benzene rings is 1. The topological polar surface area (TPSA) is 17.8 Å². The monoisotopic (exact) mass is 174 g/mol. The second kappa shape index (κ2) is 2.87. The van der Waals surface area contributed by atoms with Crippen molar-refractivity contribution in [1.82, 2.24) is 9.78 Å². The number of aromatic nitrogens is 2. The summed E-state index contributed by atoms with van der Waals surface area (Å²) in [5.74, 6) is 0.563. The van der Waals surface area contributed by atoms with Gasteiger partial charge in [0, 0.05) is 18.6 Å². The molecule has 2 aromatic rings. The molecule has 0 radical (unpaired) electrons. The average Bonchev–Trinajstić information content (AvgIpc) is 2.43. The van der Waals surface area contributed by atoms with Crippen molar-refractivity contribution in [2.75, 3.05) is 0 Å². The van der Waals surface area contributed by atoms with Crippen LogP contribution >= 0.6 is 0 Å². The molecule has 13 heavy (non-hydrogen) atoms. The normalized spacial score (nSPS) is 11.4. The number of rotatable bonds is 1. The molecular weight excluding hydrogens is 160 g/mol. The molecule has 2 nitrogen and oxygen atoms in total. The Labute approximate surface area is 78.2 Å². The number of aryl methyl sites for hydroxylation is 1. The van der Waals surface area contributed by atoms with Crippen molar-refractivity contribution in [2.45, 2.75) is 19.8 Å². The van der Waals surface area contributed by atoms with Crippen molar-refractivity contribution in [3.63, 3.8) is 0 Å². The minimum absolute atomic E-state index is 0.563. The highest BCUT2D eigenvalue weighted by atomic mass is 15.2. The lowest BCUT2D eigenvalue weighted by molar-refractivity contribution is 0.779. The van der Waals surface area contributed by atoms with Crippen LogP contribution in [0.5, 0.6) is 0 Å². The Balaban J connectivity index is 2.75. The molecule has 0 aliphatic rings. The predicted octanol–water partition coefficient (Wildman–Crippen LogP) is 2.70. The Hall–Kier alpha value is -1.31. The minimum atomic E-state index is 0.563. The van der Waals surface area contributed by atoms with Gasteiger partial charge in [-0.1, -0.05) is 26.0 Å². The van der Waals surface area contributed by atoms with Crippen LogP contribution in [0.1, 0.15) is 25.3 Å². The van der Waals surface area contributed by atoms with Gasteiger partial charge in [0.2, 0.25) is 0 Å². The molecule has 1 heterocycles. The fraction of sp³-hybridized carbons (Fsp3) is 0.364. The average molecular weight is 174 g/mol. The zero-order valence-corrected chi connectivity index (χ0v) is 8.28. The summed E-state index contributed by atoms with van der Waals surface area (Å²) in [5, 5.41) is 5.65. The van der Waals surface area contributed by atoms with Gasteiger partial charge in [0.1, 0.15) is 0 Å². The summed E-state index contributed by atoms with van der Waals surface area (Å²) in [6, 6.07) is 6.31. The van der Waals surface area contributed by atoms with E-state index in [4.69, 9.17) is 0 Å². The fourth-order valence-corrected chi connectivity index (χ4v) is 1.69. The number of fused-ring (bicyclic) bond motifs is 1. The van der Waals surface area contributed by atoms with Crippen LogP contribution in [-0.4, -0.2) is 9.78 Å². The lowest BCUT2D eigenvalue weighted by atomic mass is 10.00. The van der Waals surface area contributed by atoms with E-state index < -0.39 is 0 Å². The van der Waals surface area contributed by atoms with E-state index in [1.807, 2.05) is 11.7 Å². The van der Waals surface area contributed by atoms with Gasteiger partial charge in [0.25, 0.3) is 0 Å². The van der Waals surface area contributed by atoms with E-state index in [1.165, 1.54) is 10.9 Å². The van der Waals surface area contributed by atoms with E-state index in [2.05, 4.69) is 43.3 Å². The molecule has 2 rings (SSSR count). The summed E-state index contributed by atoms with van der Waals surface area (Å²) >= 11 is 0. The molecule has 1 aromatic heterocycles. The SMILES string of the molecule is CC(C)c1cccc2nn(C)cc12. The quantitative estimate of drug-likeness (QED) is 0.650. The first-order valence-electron chi connectivity index (χ1n) is 4.61. The van der Waals surface area contributed by atoms with Crippen molar-refractivity contribution in [1.29, 1.82) is 0 Å². The van der Waals surface area contributed by atoms with E-state index in [9.17, 15) is 0 Å². The molecular formula is C11H14N2. The molecule has 0 amide bonds. The highest BCUT2D eigenvalue weighted by Crippen LogP contribution is 2.23. The summed E-state index contributed by atoms with van der Waals surface area (Å²) in [4.78, 5) is 0. The van der Waals surface area contributed by atoms with E-state index in [0.29, 0.717) is 5.92 Å². The Kier molecular flexibility index (Phi) is 1.83. The predicted molar refractivity (Wildman–Crippen MR) is 54.8 cm³/mol. The summed E-state index contributed by atoms with van der Waals surface area (Å²) < 4.78 is 1.87. The zero-order chi connectivity index (χ0) is 9.42. The number of nitrogens with zero attached hydrogens (tertiary/aromatic N) is 2. The lowest BCUT2D eigenvalue weighted by Gasteiger charge is -2.04. The Morgan fingerprint density at radius 3 is 2.77 bits per heavy atom. The molecule has 1 aromatic carbocycles. The van der Waals surface area contributed by atoms with Gasteiger partial charge in [-0.2, -0.15) is 5.10 Å². The van der Waals surface area contributed by atoms with Gasteiger partial charge in [-0.15, -0.1) is 0 Å². The van der Waals surface area contributed by atoms with Crippen LogP contribution < -0.4 is 0 Å². The molecule has 0 fully saturated rings. The molecule has 0 saturated heterocycles.